The fourth-order valence-corrected chi connectivity index (χ4v) is 15.4. The minimum atomic E-state index is -3.50. The Bertz CT molecular complexity index is 2900. The third kappa shape index (κ3) is 9.54. The highest BCUT2D eigenvalue weighted by atomic mass is 32.2. The number of rotatable bonds is 13. The largest absolute Gasteiger partial charge is 0.338 e. The summed E-state index contributed by atoms with van der Waals surface area (Å²) >= 11 is 3.26. The molecule has 0 unspecified atom stereocenters. The summed E-state index contributed by atoms with van der Waals surface area (Å²) in [5.74, 6) is 0. The van der Waals surface area contributed by atoms with E-state index in [1.165, 1.54) is 21.8 Å². The number of hydrogen-bond acceptors (Lipinski definition) is 8. The number of benzene rings is 4. The highest BCUT2D eigenvalue weighted by molar-refractivity contribution is 8.04. The molecular weight excluding hydrogens is 913 g/mol. The third-order valence-corrected chi connectivity index (χ3v) is 19.7. The number of fused-ring (bicyclic) bond motifs is 4. The molecule has 6 heterocycles. The lowest BCUT2D eigenvalue weighted by atomic mass is 10.1. The van der Waals surface area contributed by atoms with Crippen LogP contribution in [0.3, 0.4) is 0 Å². The molecule has 0 saturated carbocycles. The van der Waals surface area contributed by atoms with Crippen molar-refractivity contribution in [3.8, 4) is 0 Å². The molecule has 0 spiro atoms. The molecular formula is C53H62N6O4S4+2. The highest BCUT2D eigenvalue weighted by Gasteiger charge is 2.32. The molecule has 0 bridgehead atoms. The predicted octanol–water partition coefficient (Wildman–Crippen LogP) is 10.9. The van der Waals surface area contributed by atoms with Gasteiger partial charge in [0.25, 0.3) is 0 Å². The standard InChI is InChI=1S/C52H58N6O4S4.CH4/c1-53-47-23-21-41(65(59,60)57-29-13-5-14-30-57)37-49(47)63-51(53)35-39-25-33-55(45-19-9-7-17-43(39)45)27-11-3-4-12-28-56-34-26-40(44-18-8-10-20-46(44)56)36-52-54(2)48-24-22-42(38-50(48)64-52)66(61,62)58-31-15-6-16-32-58;/h7-10,17-26,33-38H,3-6,11-16,27-32H2,1-2H3;1H4/q+2;. The first kappa shape index (κ1) is 47.4. The van der Waals surface area contributed by atoms with Gasteiger partial charge in [0, 0.05) is 87.2 Å². The lowest BCUT2D eigenvalue weighted by Crippen LogP contribution is -2.35. The first-order chi connectivity index (χ1) is 32.1. The van der Waals surface area contributed by atoms with Crippen LogP contribution in [0.25, 0.3) is 34.0 Å². The Morgan fingerprint density at radius 2 is 0.925 bits per heavy atom. The van der Waals surface area contributed by atoms with Crippen molar-refractivity contribution in [2.75, 3.05) is 50.1 Å². The minimum Gasteiger partial charge on any atom is -0.338 e. The fourth-order valence-electron chi connectivity index (χ4n) is 9.83. The Kier molecular flexibility index (Phi) is 14.2. The van der Waals surface area contributed by atoms with Gasteiger partial charge in [-0.15, -0.1) is 0 Å². The first-order valence-electron chi connectivity index (χ1n) is 23.4. The fraction of sp³-hybridized carbons (Fsp3) is 0.358. The molecule has 0 radical (unpaired) electrons. The number of aryl methyl sites for hydroxylation is 2. The van der Waals surface area contributed by atoms with Crippen molar-refractivity contribution < 1.29 is 26.0 Å². The van der Waals surface area contributed by atoms with Crippen LogP contribution in [-0.4, -0.2) is 65.7 Å². The normalized spacial score (nSPS) is 18.2. The van der Waals surface area contributed by atoms with E-state index in [9.17, 15) is 16.8 Å². The summed E-state index contributed by atoms with van der Waals surface area (Å²) in [7, 11) is -2.89. The number of aromatic nitrogens is 2. The molecule has 6 aromatic rings. The number of para-hydroxylation sites is 2. The second-order valence-corrected chi connectivity index (χ2v) is 23.9. The Hall–Kier alpha value is -4.70. The van der Waals surface area contributed by atoms with Crippen LogP contribution in [-0.2, 0) is 33.1 Å². The summed E-state index contributed by atoms with van der Waals surface area (Å²) in [5, 5.41) is 4.54. The van der Waals surface area contributed by atoms with E-state index in [1.54, 1.807) is 44.3 Å². The monoisotopic (exact) mass is 974 g/mol. The number of sulfonamides is 2. The maximum Gasteiger partial charge on any atom is 0.243 e. The van der Waals surface area contributed by atoms with Crippen molar-refractivity contribution in [2.45, 2.75) is 104 Å². The molecule has 2 saturated heterocycles. The van der Waals surface area contributed by atoms with Gasteiger partial charge < -0.3 is 9.80 Å². The average Bonchev–Trinajstić information content (AvgIpc) is 3.84. The topological polar surface area (TPSA) is 89.0 Å². The smallest absolute Gasteiger partial charge is 0.243 e. The Morgan fingerprint density at radius 3 is 1.34 bits per heavy atom. The van der Waals surface area contributed by atoms with Crippen molar-refractivity contribution >= 4 is 88.9 Å². The van der Waals surface area contributed by atoms with Gasteiger partial charge in [-0.2, -0.15) is 17.7 Å². The van der Waals surface area contributed by atoms with E-state index >= 15 is 0 Å². The molecule has 67 heavy (non-hydrogen) atoms. The van der Waals surface area contributed by atoms with Crippen molar-refractivity contribution in [1.82, 2.24) is 8.61 Å². The molecule has 4 aromatic carbocycles. The van der Waals surface area contributed by atoms with Crippen LogP contribution < -0.4 is 18.9 Å². The van der Waals surface area contributed by atoms with Gasteiger partial charge in [0.2, 0.25) is 31.1 Å². The number of piperidine rings is 2. The maximum atomic E-state index is 13.5. The van der Waals surface area contributed by atoms with Gasteiger partial charge in [0.15, 0.2) is 12.4 Å². The van der Waals surface area contributed by atoms with Crippen molar-refractivity contribution in [2.24, 2.45) is 0 Å². The van der Waals surface area contributed by atoms with Gasteiger partial charge in [0.1, 0.15) is 13.1 Å². The number of anilines is 2. The van der Waals surface area contributed by atoms with E-state index in [1.807, 2.05) is 24.3 Å². The van der Waals surface area contributed by atoms with Gasteiger partial charge in [-0.25, -0.2) is 16.8 Å². The molecule has 0 aliphatic carbocycles. The van der Waals surface area contributed by atoms with E-state index < -0.39 is 20.0 Å². The van der Waals surface area contributed by atoms with Gasteiger partial charge in [-0.3, -0.25) is 0 Å². The number of hydrogen-bond donors (Lipinski definition) is 0. The molecule has 10 nitrogen and oxygen atoms in total. The van der Waals surface area contributed by atoms with Crippen LogP contribution in [0.1, 0.15) is 82.8 Å². The van der Waals surface area contributed by atoms with Crippen molar-refractivity contribution in [3.63, 3.8) is 0 Å². The molecule has 2 aromatic heterocycles. The molecule has 0 amide bonds. The SMILES string of the molecule is C.CN1C(=Cc2cc[n+](CCCCCC[n+]3ccc(C=C4Sc5cc(S(=O)(=O)N6CCCCC6)ccc5N4C)c4ccccc43)c3ccccc23)Sc2cc(S(=O)(=O)N3CCCCC3)ccc21. The summed E-state index contributed by atoms with van der Waals surface area (Å²) in [6, 6.07) is 32.8. The molecule has 10 rings (SSSR count). The van der Waals surface area contributed by atoms with Gasteiger partial charge >= 0.3 is 0 Å². The Morgan fingerprint density at radius 1 is 0.522 bits per heavy atom. The Balaban J connectivity index is 0.00000562. The predicted molar refractivity (Wildman–Crippen MR) is 276 cm³/mol. The second-order valence-electron chi connectivity index (χ2n) is 17.9. The van der Waals surface area contributed by atoms with E-state index in [4.69, 9.17) is 0 Å². The summed E-state index contributed by atoms with van der Waals surface area (Å²) in [6.45, 7) is 4.28. The lowest BCUT2D eigenvalue weighted by molar-refractivity contribution is -0.673. The quantitative estimate of drug-likeness (QED) is 0.0835. The van der Waals surface area contributed by atoms with E-state index in [0.29, 0.717) is 36.0 Å². The average molecular weight is 975 g/mol. The summed E-state index contributed by atoms with van der Waals surface area (Å²) in [5.41, 5.74) is 6.76. The molecule has 0 N–H and O–H groups in total. The molecule has 2 fully saturated rings. The lowest BCUT2D eigenvalue weighted by Gasteiger charge is -2.26. The molecule has 4 aliphatic heterocycles. The zero-order valence-corrected chi connectivity index (χ0v) is 41.1. The molecule has 4 aliphatic rings. The zero-order valence-electron chi connectivity index (χ0n) is 37.8. The summed E-state index contributed by atoms with van der Waals surface area (Å²) in [6.07, 6.45) is 19.2. The second kappa shape index (κ2) is 20.1. The van der Waals surface area contributed by atoms with Crippen LogP contribution in [0, 0.1) is 0 Å². The van der Waals surface area contributed by atoms with E-state index in [0.717, 1.165) is 120 Å². The number of nitrogens with zero attached hydrogens (tertiary/aromatic N) is 6. The van der Waals surface area contributed by atoms with Crippen LogP contribution in [0.15, 0.2) is 139 Å². The van der Waals surface area contributed by atoms with Gasteiger partial charge in [-0.1, -0.05) is 68.1 Å². The van der Waals surface area contributed by atoms with Gasteiger partial charge in [0.05, 0.1) is 42.0 Å². The zero-order chi connectivity index (χ0) is 45.4. The van der Waals surface area contributed by atoms with Gasteiger partial charge in [-0.05, 0) is 110 Å². The first-order valence-corrected chi connectivity index (χ1v) is 27.9. The highest BCUT2D eigenvalue weighted by Crippen LogP contribution is 2.48. The van der Waals surface area contributed by atoms with E-state index in [-0.39, 0.29) is 7.43 Å². The maximum absolute atomic E-state index is 13.5. The number of thioether (sulfide) groups is 2. The molecule has 350 valence electrons. The van der Waals surface area contributed by atoms with Crippen LogP contribution in [0.5, 0.6) is 0 Å². The number of pyridine rings is 2. The van der Waals surface area contributed by atoms with Crippen molar-refractivity contribution in [1.29, 1.82) is 0 Å². The van der Waals surface area contributed by atoms with Crippen molar-refractivity contribution in [3.05, 3.63) is 131 Å². The van der Waals surface area contributed by atoms with E-state index in [2.05, 4.69) is 118 Å². The minimum absolute atomic E-state index is 0. The molecule has 0 atom stereocenters. The number of unbranched alkanes of at least 4 members (excludes halogenated alkanes) is 3. The van der Waals surface area contributed by atoms with Crippen LogP contribution in [0.4, 0.5) is 11.4 Å². The summed E-state index contributed by atoms with van der Waals surface area (Å²) < 4.78 is 61.9. The third-order valence-electron chi connectivity index (χ3n) is 13.6. The Labute approximate surface area is 406 Å². The van der Waals surface area contributed by atoms with Crippen LogP contribution in [0.2, 0.25) is 0 Å². The summed E-state index contributed by atoms with van der Waals surface area (Å²) in [4.78, 5) is 7.03. The molecule has 14 heteroatoms. The van der Waals surface area contributed by atoms with Crippen LogP contribution >= 0.6 is 23.5 Å².